The van der Waals surface area contributed by atoms with Crippen LogP contribution >= 0.6 is 11.3 Å². The number of ketones is 1. The lowest BCUT2D eigenvalue weighted by Crippen LogP contribution is -2.07. The number of Topliss-reactive ketones (excluding diaryl/α,β-unsaturated/α-hetero) is 1. The van der Waals surface area contributed by atoms with Crippen LogP contribution in [0.1, 0.15) is 47.2 Å². The first-order chi connectivity index (χ1) is 16.3. The fourth-order valence-electron chi connectivity index (χ4n) is 3.45. The lowest BCUT2D eigenvalue weighted by Gasteiger charge is -2.08. The molecule has 1 unspecified atom stereocenters. The normalized spacial score (nSPS) is 12.0. The van der Waals surface area contributed by atoms with Crippen LogP contribution in [0.15, 0.2) is 42.6 Å². The molecule has 0 aliphatic carbocycles. The number of carbonyl (C=O) groups excluding carboxylic acids is 1. The van der Waals surface area contributed by atoms with Crippen molar-refractivity contribution in [3.63, 3.8) is 0 Å². The number of aromatic nitrogens is 3. The van der Waals surface area contributed by atoms with Gasteiger partial charge in [-0.05, 0) is 44.2 Å². The number of aryl methyl sites for hydroxylation is 1. The molecule has 1 aromatic carbocycles. The Morgan fingerprint density at radius 2 is 1.94 bits per heavy atom. The van der Waals surface area contributed by atoms with Crippen molar-refractivity contribution in [2.45, 2.75) is 33.1 Å². The van der Waals surface area contributed by atoms with Gasteiger partial charge < -0.3 is 19.6 Å². The Labute approximate surface area is 200 Å². The van der Waals surface area contributed by atoms with Crippen molar-refractivity contribution < 1.29 is 24.2 Å². The second-order valence-corrected chi connectivity index (χ2v) is 8.96. The Morgan fingerprint density at radius 1 is 1.15 bits per heavy atom. The van der Waals surface area contributed by atoms with Gasteiger partial charge in [0.2, 0.25) is 5.88 Å². The van der Waals surface area contributed by atoms with Crippen molar-refractivity contribution in [2.24, 2.45) is 0 Å². The van der Waals surface area contributed by atoms with Gasteiger partial charge in [-0.2, -0.15) is 0 Å². The number of benzene rings is 1. The number of nitrogens with one attached hydrogen (secondary N) is 1. The van der Waals surface area contributed by atoms with Gasteiger partial charge in [0.05, 0.1) is 29.7 Å². The summed E-state index contributed by atoms with van der Waals surface area (Å²) >= 11 is 1.37. The SMILES string of the molecule is CC(=O)c1sc(-c2ccc(OCCCOc3ccc4[nH]c(C(C)C(=O)O)cc4c3)nc2)nc1C. The topological polar surface area (TPSA) is 114 Å². The molecule has 1 atom stereocenters. The maximum atomic E-state index is 11.6. The van der Waals surface area contributed by atoms with Crippen LogP contribution in [0.5, 0.6) is 11.6 Å². The molecule has 0 amide bonds. The first kappa shape index (κ1) is 23.4. The Kier molecular flexibility index (Phi) is 6.93. The molecule has 2 N–H and O–H groups in total. The highest BCUT2D eigenvalue weighted by molar-refractivity contribution is 7.17. The van der Waals surface area contributed by atoms with E-state index in [1.165, 1.54) is 11.3 Å². The number of H-pyrrole nitrogens is 1. The summed E-state index contributed by atoms with van der Waals surface area (Å²) in [6.07, 6.45) is 2.36. The number of hydrogen-bond donors (Lipinski definition) is 2. The van der Waals surface area contributed by atoms with Gasteiger partial charge in [0.1, 0.15) is 10.8 Å². The third-order valence-corrected chi connectivity index (χ3v) is 6.66. The smallest absolute Gasteiger partial charge is 0.312 e. The Bertz CT molecular complexity index is 1330. The van der Waals surface area contributed by atoms with E-state index in [0.29, 0.717) is 41.8 Å². The number of rotatable bonds is 10. The van der Waals surface area contributed by atoms with Crippen LogP contribution in [0, 0.1) is 6.92 Å². The van der Waals surface area contributed by atoms with Crippen molar-refractivity contribution in [2.75, 3.05) is 13.2 Å². The molecule has 0 aliphatic rings. The average Bonchev–Trinajstić information content (AvgIpc) is 3.42. The predicted octanol–water partition coefficient (Wildman–Crippen LogP) is 5.23. The van der Waals surface area contributed by atoms with E-state index in [-0.39, 0.29) is 5.78 Å². The minimum Gasteiger partial charge on any atom is -0.493 e. The number of thiazole rings is 1. The molecule has 176 valence electrons. The van der Waals surface area contributed by atoms with E-state index in [0.717, 1.165) is 27.2 Å². The van der Waals surface area contributed by atoms with E-state index in [1.54, 1.807) is 26.1 Å². The Balaban J connectivity index is 1.26. The molecule has 4 aromatic rings. The number of fused-ring (bicyclic) bond motifs is 1. The highest BCUT2D eigenvalue weighted by Gasteiger charge is 2.16. The maximum absolute atomic E-state index is 11.6. The van der Waals surface area contributed by atoms with Gasteiger partial charge in [0.25, 0.3) is 0 Å². The van der Waals surface area contributed by atoms with Gasteiger partial charge in [0, 0.05) is 47.8 Å². The van der Waals surface area contributed by atoms with E-state index >= 15 is 0 Å². The first-order valence-electron chi connectivity index (χ1n) is 10.9. The molecule has 4 rings (SSSR count). The van der Waals surface area contributed by atoms with E-state index in [9.17, 15) is 14.7 Å². The van der Waals surface area contributed by atoms with Crippen LogP contribution in [0.4, 0.5) is 0 Å². The molecule has 0 aliphatic heterocycles. The second-order valence-electron chi connectivity index (χ2n) is 7.96. The third-order valence-electron chi connectivity index (χ3n) is 5.36. The van der Waals surface area contributed by atoms with Crippen LogP contribution in [0.2, 0.25) is 0 Å². The number of nitrogens with zero attached hydrogens (tertiary/aromatic N) is 2. The highest BCUT2D eigenvalue weighted by Crippen LogP contribution is 2.29. The molecule has 0 saturated heterocycles. The predicted molar refractivity (Wildman–Crippen MR) is 130 cm³/mol. The summed E-state index contributed by atoms with van der Waals surface area (Å²) in [7, 11) is 0. The van der Waals surface area contributed by atoms with Crippen LogP contribution in [0.25, 0.3) is 21.5 Å². The van der Waals surface area contributed by atoms with Crippen molar-refractivity contribution in [3.05, 3.63) is 58.9 Å². The van der Waals surface area contributed by atoms with Crippen molar-refractivity contribution >= 4 is 34.0 Å². The molecular formula is C25H25N3O5S. The van der Waals surface area contributed by atoms with Crippen molar-refractivity contribution in [3.8, 4) is 22.2 Å². The zero-order valence-electron chi connectivity index (χ0n) is 19.1. The minimum atomic E-state index is -0.868. The van der Waals surface area contributed by atoms with Gasteiger partial charge in [-0.15, -0.1) is 11.3 Å². The summed E-state index contributed by atoms with van der Waals surface area (Å²) in [5, 5.41) is 10.9. The maximum Gasteiger partial charge on any atom is 0.312 e. The second kappa shape index (κ2) is 10.0. The lowest BCUT2D eigenvalue weighted by atomic mass is 10.1. The average molecular weight is 480 g/mol. The van der Waals surface area contributed by atoms with E-state index < -0.39 is 11.9 Å². The molecule has 3 aromatic heterocycles. The minimum absolute atomic E-state index is 0.0157. The Morgan fingerprint density at radius 3 is 2.62 bits per heavy atom. The summed E-state index contributed by atoms with van der Waals surface area (Å²) in [6, 6.07) is 11.1. The van der Waals surface area contributed by atoms with E-state index in [1.807, 2.05) is 37.3 Å². The summed E-state index contributed by atoms with van der Waals surface area (Å²) < 4.78 is 11.5. The summed E-state index contributed by atoms with van der Waals surface area (Å²) in [5.74, 6) is -0.223. The van der Waals surface area contributed by atoms with Crippen LogP contribution in [0.3, 0.4) is 0 Å². The molecule has 0 fully saturated rings. The largest absolute Gasteiger partial charge is 0.493 e. The quantitative estimate of drug-likeness (QED) is 0.236. The van der Waals surface area contributed by atoms with Crippen LogP contribution in [-0.4, -0.2) is 45.0 Å². The van der Waals surface area contributed by atoms with Crippen LogP contribution < -0.4 is 9.47 Å². The fourth-order valence-corrected chi connectivity index (χ4v) is 4.41. The van der Waals surface area contributed by atoms with E-state index in [4.69, 9.17) is 9.47 Å². The standard InChI is InChI=1S/C25H25N3O5S/c1-14(25(30)31)21-12-18-11-19(6-7-20(18)28-21)32-9-4-10-33-22-8-5-17(13-26-22)24-27-15(2)23(34-24)16(3)29/h5-8,11-14,28H,4,9-10H2,1-3H3,(H,30,31). The number of ether oxygens (including phenoxy) is 2. The fraction of sp³-hybridized carbons (Fsp3) is 0.280. The van der Waals surface area contributed by atoms with Crippen molar-refractivity contribution in [1.29, 1.82) is 0 Å². The van der Waals surface area contributed by atoms with Gasteiger partial charge >= 0.3 is 5.97 Å². The number of carboxylic acids is 1. The van der Waals surface area contributed by atoms with Crippen molar-refractivity contribution in [1.82, 2.24) is 15.0 Å². The summed E-state index contributed by atoms with van der Waals surface area (Å²) in [6.45, 7) is 5.94. The van der Waals surface area contributed by atoms with E-state index in [2.05, 4.69) is 15.0 Å². The summed E-state index contributed by atoms with van der Waals surface area (Å²) in [4.78, 5) is 35.4. The molecule has 34 heavy (non-hydrogen) atoms. The molecule has 0 spiro atoms. The molecule has 3 heterocycles. The number of carboxylic acid groups (broad SMARTS) is 1. The molecule has 0 bridgehead atoms. The number of hydrogen-bond acceptors (Lipinski definition) is 7. The number of aliphatic carboxylic acids is 1. The number of pyridine rings is 1. The summed E-state index contributed by atoms with van der Waals surface area (Å²) in [5.41, 5.74) is 3.12. The van der Waals surface area contributed by atoms with Gasteiger partial charge in [-0.3, -0.25) is 9.59 Å². The van der Waals surface area contributed by atoms with Gasteiger partial charge in [-0.25, -0.2) is 9.97 Å². The molecule has 9 heteroatoms. The zero-order chi connectivity index (χ0) is 24.2. The first-order valence-corrected chi connectivity index (χ1v) is 11.7. The monoisotopic (exact) mass is 479 g/mol. The Hall–Kier alpha value is -3.72. The van der Waals surface area contributed by atoms with Gasteiger partial charge in [0.15, 0.2) is 5.78 Å². The van der Waals surface area contributed by atoms with Gasteiger partial charge in [-0.1, -0.05) is 0 Å². The molecule has 8 nitrogen and oxygen atoms in total. The third kappa shape index (κ3) is 5.26. The van der Waals surface area contributed by atoms with Crippen LogP contribution in [-0.2, 0) is 4.79 Å². The highest BCUT2D eigenvalue weighted by atomic mass is 32.1. The molecule has 0 radical (unpaired) electrons. The lowest BCUT2D eigenvalue weighted by molar-refractivity contribution is -0.138. The zero-order valence-corrected chi connectivity index (χ0v) is 19.9. The number of carbonyl (C=O) groups is 2. The number of aromatic amines is 1. The molecular weight excluding hydrogens is 454 g/mol. The molecule has 0 saturated carbocycles.